The Morgan fingerprint density at radius 3 is 2.43 bits per heavy atom. The first-order valence-corrected chi connectivity index (χ1v) is 4.24. The molecule has 14 heavy (non-hydrogen) atoms. The van der Waals surface area contributed by atoms with E-state index >= 15 is 0 Å². The zero-order valence-corrected chi connectivity index (χ0v) is 7.38. The van der Waals surface area contributed by atoms with E-state index in [1.807, 2.05) is 30.3 Å². The third-order valence-electron chi connectivity index (χ3n) is 1.91. The predicted octanol–water partition coefficient (Wildman–Crippen LogP) is 1.06. The fourth-order valence-corrected chi connectivity index (χ4v) is 1.21. The Hall–Kier alpha value is -1.65. The van der Waals surface area contributed by atoms with Crippen LogP contribution in [0.2, 0.25) is 0 Å². The molecule has 0 aliphatic rings. The summed E-state index contributed by atoms with van der Waals surface area (Å²) >= 11 is 0. The maximum absolute atomic E-state index is 8.86. The highest BCUT2D eigenvalue weighted by atomic mass is 16.5. The SMILES string of the molecule is OC(O)c1c[nH]c(-c2ccccc2)n1. The van der Waals surface area contributed by atoms with Crippen LogP contribution in [0, 0.1) is 0 Å². The van der Waals surface area contributed by atoms with Crippen molar-refractivity contribution in [3.63, 3.8) is 0 Å². The Balaban J connectivity index is 2.34. The molecule has 0 aliphatic carbocycles. The van der Waals surface area contributed by atoms with Crippen molar-refractivity contribution in [2.75, 3.05) is 0 Å². The number of rotatable bonds is 2. The number of nitrogens with one attached hydrogen (secondary N) is 1. The zero-order chi connectivity index (χ0) is 9.97. The first-order chi connectivity index (χ1) is 6.77. The third kappa shape index (κ3) is 1.66. The summed E-state index contributed by atoms with van der Waals surface area (Å²) in [6, 6.07) is 9.49. The molecule has 2 aromatic rings. The summed E-state index contributed by atoms with van der Waals surface area (Å²) in [6.07, 6.45) is -0.0452. The van der Waals surface area contributed by atoms with E-state index in [1.165, 1.54) is 6.20 Å². The molecule has 0 bridgehead atoms. The molecule has 0 spiro atoms. The fraction of sp³-hybridized carbons (Fsp3) is 0.100. The molecule has 1 aromatic carbocycles. The Kier molecular flexibility index (Phi) is 2.30. The van der Waals surface area contributed by atoms with E-state index in [9.17, 15) is 0 Å². The van der Waals surface area contributed by atoms with Crippen LogP contribution >= 0.6 is 0 Å². The van der Waals surface area contributed by atoms with Gasteiger partial charge in [-0.15, -0.1) is 0 Å². The Labute approximate surface area is 80.9 Å². The molecule has 72 valence electrons. The largest absolute Gasteiger partial charge is 0.363 e. The minimum absolute atomic E-state index is 0.226. The van der Waals surface area contributed by atoms with Crippen LogP contribution in [0.5, 0.6) is 0 Å². The van der Waals surface area contributed by atoms with E-state index in [0.717, 1.165) is 5.56 Å². The molecule has 0 saturated carbocycles. The number of aliphatic hydroxyl groups excluding tert-OH is 1. The lowest BCUT2D eigenvalue weighted by Gasteiger charge is -1.96. The molecule has 0 radical (unpaired) electrons. The van der Waals surface area contributed by atoms with E-state index in [2.05, 4.69) is 9.97 Å². The predicted molar refractivity (Wildman–Crippen MR) is 51.2 cm³/mol. The zero-order valence-electron chi connectivity index (χ0n) is 7.38. The fourth-order valence-electron chi connectivity index (χ4n) is 1.21. The Bertz CT molecular complexity index is 409. The number of hydrogen-bond acceptors (Lipinski definition) is 3. The molecule has 1 heterocycles. The van der Waals surface area contributed by atoms with Gasteiger partial charge in [0, 0.05) is 11.8 Å². The number of H-pyrrole nitrogens is 1. The highest BCUT2D eigenvalue weighted by molar-refractivity contribution is 5.54. The molecule has 3 N–H and O–H groups in total. The first kappa shape index (κ1) is 8.93. The van der Waals surface area contributed by atoms with Gasteiger partial charge in [-0.25, -0.2) is 4.98 Å². The van der Waals surface area contributed by atoms with Crippen LogP contribution < -0.4 is 0 Å². The summed E-state index contributed by atoms with van der Waals surface area (Å²) in [5.74, 6) is 0.633. The van der Waals surface area contributed by atoms with Crippen LogP contribution in [0.1, 0.15) is 12.0 Å². The van der Waals surface area contributed by atoms with Crippen LogP contribution in [0.3, 0.4) is 0 Å². The second kappa shape index (κ2) is 3.61. The first-order valence-electron chi connectivity index (χ1n) is 4.24. The smallest absolute Gasteiger partial charge is 0.197 e. The lowest BCUT2D eigenvalue weighted by atomic mass is 10.2. The highest BCUT2D eigenvalue weighted by Crippen LogP contribution is 2.16. The van der Waals surface area contributed by atoms with E-state index in [4.69, 9.17) is 10.2 Å². The lowest BCUT2D eigenvalue weighted by Crippen LogP contribution is -1.94. The second-order valence-electron chi connectivity index (χ2n) is 2.91. The van der Waals surface area contributed by atoms with E-state index in [1.54, 1.807) is 0 Å². The van der Waals surface area contributed by atoms with Gasteiger partial charge in [0.1, 0.15) is 11.5 Å². The minimum atomic E-state index is -1.52. The Morgan fingerprint density at radius 2 is 1.86 bits per heavy atom. The molecule has 4 heteroatoms. The van der Waals surface area contributed by atoms with E-state index in [0.29, 0.717) is 5.82 Å². The van der Waals surface area contributed by atoms with Crippen molar-refractivity contribution in [3.8, 4) is 11.4 Å². The summed E-state index contributed by atoms with van der Waals surface area (Å²) < 4.78 is 0. The van der Waals surface area contributed by atoms with Crippen molar-refractivity contribution >= 4 is 0 Å². The molecule has 0 unspecified atom stereocenters. The van der Waals surface area contributed by atoms with Crippen molar-refractivity contribution in [1.82, 2.24) is 9.97 Å². The molecule has 0 fully saturated rings. The van der Waals surface area contributed by atoms with Crippen LogP contribution in [0.4, 0.5) is 0 Å². The van der Waals surface area contributed by atoms with Gasteiger partial charge >= 0.3 is 0 Å². The maximum atomic E-state index is 8.86. The van der Waals surface area contributed by atoms with E-state index in [-0.39, 0.29) is 5.69 Å². The molecular weight excluding hydrogens is 180 g/mol. The summed E-state index contributed by atoms with van der Waals surface area (Å²) in [4.78, 5) is 6.90. The molecule has 4 nitrogen and oxygen atoms in total. The molecular formula is C10H10N2O2. The molecule has 0 aliphatic heterocycles. The average Bonchev–Trinajstić information content (AvgIpc) is 2.68. The monoisotopic (exact) mass is 190 g/mol. The molecule has 0 saturated heterocycles. The van der Waals surface area contributed by atoms with Crippen LogP contribution in [-0.2, 0) is 0 Å². The second-order valence-corrected chi connectivity index (χ2v) is 2.91. The number of imidazole rings is 1. The van der Waals surface area contributed by atoms with Gasteiger partial charge in [-0.2, -0.15) is 0 Å². The molecule has 2 rings (SSSR count). The van der Waals surface area contributed by atoms with Crippen molar-refractivity contribution in [2.24, 2.45) is 0 Å². The van der Waals surface area contributed by atoms with Crippen molar-refractivity contribution in [2.45, 2.75) is 6.29 Å². The van der Waals surface area contributed by atoms with E-state index < -0.39 is 6.29 Å². The number of benzene rings is 1. The quantitative estimate of drug-likeness (QED) is 0.620. The van der Waals surface area contributed by atoms with Gasteiger partial charge in [-0.3, -0.25) is 0 Å². The van der Waals surface area contributed by atoms with Crippen LogP contribution in [-0.4, -0.2) is 20.2 Å². The summed E-state index contributed by atoms with van der Waals surface area (Å²) in [5.41, 5.74) is 1.14. The van der Waals surface area contributed by atoms with Crippen molar-refractivity contribution < 1.29 is 10.2 Å². The van der Waals surface area contributed by atoms with Crippen molar-refractivity contribution in [3.05, 3.63) is 42.2 Å². The van der Waals surface area contributed by atoms with Gasteiger partial charge in [0.05, 0.1) is 0 Å². The van der Waals surface area contributed by atoms with Crippen LogP contribution in [0.15, 0.2) is 36.5 Å². The minimum Gasteiger partial charge on any atom is -0.363 e. The van der Waals surface area contributed by atoms with Gasteiger partial charge in [-0.1, -0.05) is 30.3 Å². The molecule has 0 atom stereocenters. The Morgan fingerprint density at radius 1 is 1.14 bits per heavy atom. The standard InChI is InChI=1S/C10H10N2O2/c13-10(14)8-6-11-9(12-8)7-4-2-1-3-5-7/h1-6,10,13-14H,(H,11,12). The lowest BCUT2D eigenvalue weighted by molar-refractivity contribution is -0.0454. The van der Waals surface area contributed by atoms with Crippen molar-refractivity contribution in [1.29, 1.82) is 0 Å². The van der Waals surface area contributed by atoms with Gasteiger partial charge in [-0.05, 0) is 0 Å². The van der Waals surface area contributed by atoms with Crippen LogP contribution in [0.25, 0.3) is 11.4 Å². The molecule has 0 amide bonds. The normalized spacial score (nSPS) is 10.8. The highest BCUT2D eigenvalue weighted by Gasteiger charge is 2.08. The summed E-state index contributed by atoms with van der Waals surface area (Å²) in [6.45, 7) is 0. The topological polar surface area (TPSA) is 69.1 Å². The summed E-state index contributed by atoms with van der Waals surface area (Å²) in [5, 5.41) is 17.7. The number of hydrogen-bond donors (Lipinski definition) is 3. The maximum Gasteiger partial charge on any atom is 0.197 e. The summed E-state index contributed by atoms with van der Waals surface area (Å²) in [7, 11) is 0. The van der Waals surface area contributed by atoms with Gasteiger partial charge in [0.2, 0.25) is 0 Å². The average molecular weight is 190 g/mol. The molecule has 1 aromatic heterocycles. The number of aromatic amines is 1. The third-order valence-corrected chi connectivity index (χ3v) is 1.91. The van der Waals surface area contributed by atoms with Gasteiger partial charge < -0.3 is 15.2 Å². The number of aromatic nitrogens is 2. The number of aliphatic hydroxyl groups is 2. The number of nitrogens with zero attached hydrogens (tertiary/aromatic N) is 1. The van der Waals surface area contributed by atoms with Gasteiger partial charge in [0.15, 0.2) is 6.29 Å². The van der Waals surface area contributed by atoms with Gasteiger partial charge in [0.25, 0.3) is 0 Å².